The topological polar surface area (TPSA) is 32.8 Å². The van der Waals surface area contributed by atoms with E-state index in [1.165, 1.54) is 37.7 Å². The number of hydrogen-bond donors (Lipinski definition) is 1. The third-order valence-corrected chi connectivity index (χ3v) is 6.49. The molecule has 0 aromatic carbocycles. The van der Waals surface area contributed by atoms with Crippen LogP contribution in [-0.2, 0) is 4.74 Å². The zero-order valence-corrected chi connectivity index (χ0v) is 14.9. The van der Waals surface area contributed by atoms with Crippen LogP contribution in [0.2, 0.25) is 0 Å². The highest BCUT2D eigenvalue weighted by atomic mass is 16.6. The van der Waals surface area contributed by atoms with Crippen molar-refractivity contribution in [2.24, 2.45) is 17.3 Å². The van der Waals surface area contributed by atoms with E-state index in [0.717, 1.165) is 5.92 Å². The van der Waals surface area contributed by atoms with Gasteiger partial charge in [0.25, 0.3) is 0 Å². The predicted molar refractivity (Wildman–Crippen MR) is 90.6 cm³/mol. The molecule has 1 saturated heterocycles. The van der Waals surface area contributed by atoms with Gasteiger partial charge in [-0.3, -0.25) is 0 Å². The zero-order valence-electron chi connectivity index (χ0n) is 14.9. The Kier molecular flexibility index (Phi) is 3.85. The Morgan fingerprint density at radius 2 is 1.95 bits per heavy atom. The van der Waals surface area contributed by atoms with Crippen molar-refractivity contribution in [3.63, 3.8) is 0 Å². The van der Waals surface area contributed by atoms with Crippen LogP contribution in [0.15, 0.2) is 23.8 Å². The van der Waals surface area contributed by atoms with Crippen LogP contribution in [0.4, 0.5) is 0 Å². The number of ether oxygens (including phenoxy) is 1. The first-order chi connectivity index (χ1) is 10.1. The predicted octanol–water partition coefficient (Wildman–Crippen LogP) is 4.63. The molecule has 1 heterocycles. The SMILES string of the molecule is C/C(=C/C=C/C(C)(C)O)[C@@H]1CC[C@@]2(C)C[C@H]3O[C@@]3(C)CC[C@H]12. The first-order valence-corrected chi connectivity index (χ1v) is 8.89. The lowest BCUT2D eigenvalue weighted by Gasteiger charge is -2.33. The molecule has 0 unspecified atom stereocenters. The number of rotatable bonds is 3. The summed E-state index contributed by atoms with van der Waals surface area (Å²) in [4.78, 5) is 0. The summed E-state index contributed by atoms with van der Waals surface area (Å²) in [6, 6.07) is 0. The summed E-state index contributed by atoms with van der Waals surface area (Å²) in [7, 11) is 0. The maximum Gasteiger partial charge on any atom is 0.0920 e. The molecular formula is C20H32O2. The van der Waals surface area contributed by atoms with E-state index in [4.69, 9.17) is 4.74 Å². The largest absolute Gasteiger partial charge is 0.386 e. The molecule has 2 aliphatic carbocycles. The summed E-state index contributed by atoms with van der Waals surface area (Å²) in [5, 5.41) is 9.79. The third kappa shape index (κ3) is 3.05. The molecule has 1 aliphatic heterocycles. The minimum absolute atomic E-state index is 0.191. The van der Waals surface area contributed by atoms with E-state index in [1.807, 2.05) is 26.0 Å². The molecule has 0 aromatic rings. The lowest BCUT2D eigenvalue weighted by atomic mass is 9.72. The number of allylic oxidation sites excluding steroid dienone is 3. The van der Waals surface area contributed by atoms with Gasteiger partial charge in [0.2, 0.25) is 0 Å². The highest BCUT2D eigenvalue weighted by molar-refractivity contribution is 5.20. The molecule has 3 fully saturated rings. The van der Waals surface area contributed by atoms with Gasteiger partial charge in [0.1, 0.15) is 0 Å². The molecule has 2 nitrogen and oxygen atoms in total. The number of aliphatic hydroxyl groups is 1. The van der Waals surface area contributed by atoms with Crippen LogP contribution in [0.25, 0.3) is 0 Å². The van der Waals surface area contributed by atoms with Crippen molar-refractivity contribution in [1.29, 1.82) is 0 Å². The van der Waals surface area contributed by atoms with Crippen molar-refractivity contribution in [1.82, 2.24) is 0 Å². The second kappa shape index (κ2) is 5.21. The Bertz CT molecular complexity index is 498. The van der Waals surface area contributed by atoms with Gasteiger partial charge in [0.05, 0.1) is 17.3 Å². The van der Waals surface area contributed by atoms with E-state index >= 15 is 0 Å². The molecule has 0 amide bonds. The van der Waals surface area contributed by atoms with Gasteiger partial charge in [-0.1, -0.05) is 30.7 Å². The van der Waals surface area contributed by atoms with E-state index in [1.54, 1.807) is 0 Å². The van der Waals surface area contributed by atoms with Crippen molar-refractivity contribution in [2.75, 3.05) is 0 Å². The average Bonchev–Trinajstić information content (AvgIpc) is 2.89. The lowest BCUT2D eigenvalue weighted by Crippen LogP contribution is -2.26. The van der Waals surface area contributed by atoms with Crippen molar-refractivity contribution < 1.29 is 9.84 Å². The molecule has 1 N–H and O–H groups in total. The molecule has 0 bridgehead atoms. The van der Waals surface area contributed by atoms with E-state index in [2.05, 4.69) is 26.8 Å². The maximum absolute atomic E-state index is 9.79. The van der Waals surface area contributed by atoms with Gasteiger partial charge in [-0.15, -0.1) is 0 Å². The molecule has 3 rings (SSSR count). The molecule has 0 radical (unpaired) electrons. The van der Waals surface area contributed by atoms with Crippen LogP contribution in [-0.4, -0.2) is 22.4 Å². The smallest absolute Gasteiger partial charge is 0.0920 e. The maximum atomic E-state index is 9.79. The summed E-state index contributed by atoms with van der Waals surface area (Å²) in [5.41, 5.74) is 1.40. The van der Waals surface area contributed by atoms with Gasteiger partial charge in [0, 0.05) is 0 Å². The van der Waals surface area contributed by atoms with Crippen molar-refractivity contribution >= 4 is 0 Å². The van der Waals surface area contributed by atoms with Crippen molar-refractivity contribution in [2.45, 2.75) is 84.0 Å². The Balaban J connectivity index is 1.73. The first kappa shape index (κ1) is 16.3. The fourth-order valence-electron chi connectivity index (χ4n) is 4.90. The molecule has 2 saturated carbocycles. The quantitative estimate of drug-likeness (QED) is 0.609. The lowest BCUT2D eigenvalue weighted by molar-refractivity contribution is 0.133. The number of fused-ring (bicyclic) bond motifs is 2. The minimum atomic E-state index is -0.726. The zero-order chi connectivity index (χ0) is 16.2. The first-order valence-electron chi connectivity index (χ1n) is 8.89. The summed E-state index contributed by atoms with van der Waals surface area (Å²) in [6.07, 6.45) is 13.1. The summed E-state index contributed by atoms with van der Waals surface area (Å²) < 4.78 is 5.96. The van der Waals surface area contributed by atoms with Gasteiger partial charge in [0.15, 0.2) is 0 Å². The van der Waals surface area contributed by atoms with Gasteiger partial charge >= 0.3 is 0 Å². The summed E-state index contributed by atoms with van der Waals surface area (Å²) >= 11 is 0. The molecule has 0 aromatic heterocycles. The Hall–Kier alpha value is -0.600. The molecule has 3 aliphatic rings. The van der Waals surface area contributed by atoms with Gasteiger partial charge in [-0.05, 0) is 77.0 Å². The Morgan fingerprint density at radius 3 is 2.64 bits per heavy atom. The average molecular weight is 304 g/mol. The summed E-state index contributed by atoms with van der Waals surface area (Å²) in [6.45, 7) is 10.7. The van der Waals surface area contributed by atoms with Crippen LogP contribution < -0.4 is 0 Å². The Morgan fingerprint density at radius 1 is 1.23 bits per heavy atom. The van der Waals surface area contributed by atoms with Crippen LogP contribution in [0.1, 0.15) is 66.7 Å². The third-order valence-electron chi connectivity index (χ3n) is 6.49. The van der Waals surface area contributed by atoms with E-state index in [9.17, 15) is 5.11 Å². The van der Waals surface area contributed by atoms with E-state index < -0.39 is 5.60 Å². The Labute approximate surface area is 135 Å². The number of hydrogen-bond acceptors (Lipinski definition) is 2. The summed E-state index contributed by atoms with van der Waals surface area (Å²) in [5.74, 6) is 1.50. The molecule has 2 heteroatoms. The van der Waals surface area contributed by atoms with Crippen LogP contribution in [0, 0.1) is 17.3 Å². The van der Waals surface area contributed by atoms with Gasteiger partial charge < -0.3 is 9.84 Å². The normalized spacial score (nSPS) is 45.5. The molecular weight excluding hydrogens is 272 g/mol. The second-order valence-electron chi connectivity index (χ2n) is 8.99. The van der Waals surface area contributed by atoms with Crippen LogP contribution in [0.3, 0.4) is 0 Å². The highest BCUT2D eigenvalue weighted by Crippen LogP contribution is 2.61. The molecule has 22 heavy (non-hydrogen) atoms. The minimum Gasteiger partial charge on any atom is -0.386 e. The van der Waals surface area contributed by atoms with Crippen LogP contribution >= 0.6 is 0 Å². The fraction of sp³-hybridized carbons (Fsp3) is 0.800. The van der Waals surface area contributed by atoms with Gasteiger partial charge in [-0.2, -0.15) is 0 Å². The molecule has 0 spiro atoms. The standard InChI is InChI=1S/C20H32O2/c1-14(7-6-10-18(2,3)21)15-8-11-19(4)13-17-20(5,22-17)12-9-16(15)19/h6-7,10,15-17,21H,8-9,11-13H2,1-5H3/b10-6+,14-7-/t15-,16+,17+,19-,20-/m0/s1. The van der Waals surface area contributed by atoms with Crippen molar-refractivity contribution in [3.8, 4) is 0 Å². The molecule has 124 valence electrons. The highest BCUT2D eigenvalue weighted by Gasteiger charge is 2.60. The molecule has 5 atom stereocenters. The monoisotopic (exact) mass is 304 g/mol. The second-order valence-corrected chi connectivity index (χ2v) is 8.99. The van der Waals surface area contributed by atoms with Crippen molar-refractivity contribution in [3.05, 3.63) is 23.8 Å². The van der Waals surface area contributed by atoms with E-state index in [0.29, 0.717) is 17.4 Å². The van der Waals surface area contributed by atoms with Crippen LogP contribution in [0.5, 0.6) is 0 Å². The fourth-order valence-corrected chi connectivity index (χ4v) is 4.90. The van der Waals surface area contributed by atoms with E-state index in [-0.39, 0.29) is 5.60 Å². The van der Waals surface area contributed by atoms with Gasteiger partial charge in [-0.25, -0.2) is 0 Å². The number of epoxide rings is 1.